The van der Waals surface area contributed by atoms with Crippen molar-refractivity contribution in [3.8, 4) is 5.75 Å². The number of thioether (sulfide) groups is 1. The molecule has 0 aliphatic carbocycles. The Kier molecular flexibility index (Phi) is 5.38. The van der Waals surface area contributed by atoms with Gasteiger partial charge in [-0.3, -0.25) is 4.79 Å². The third-order valence-corrected chi connectivity index (χ3v) is 4.20. The minimum absolute atomic E-state index is 0.0735. The number of aryl methyl sites for hydroxylation is 1. The van der Waals surface area contributed by atoms with Crippen LogP contribution in [0.4, 0.5) is 0 Å². The highest BCUT2D eigenvalue weighted by atomic mass is 32.2. The minimum Gasteiger partial charge on any atom is -0.491 e. The zero-order valence-corrected chi connectivity index (χ0v) is 14.1. The van der Waals surface area contributed by atoms with Crippen molar-refractivity contribution in [1.29, 1.82) is 0 Å². The number of rotatable bonds is 7. The molecule has 1 aromatic heterocycles. The zero-order valence-electron chi connectivity index (χ0n) is 13.3. The number of hydrogen-bond acceptors (Lipinski definition) is 5. The number of hydrogen-bond donors (Lipinski definition) is 1. The molecular weight excluding hydrogens is 324 g/mol. The Morgan fingerprint density at radius 2 is 2.00 bits per heavy atom. The summed E-state index contributed by atoms with van der Waals surface area (Å²) in [4.78, 5) is 16.2. The van der Waals surface area contributed by atoms with Crippen LogP contribution in [0.15, 0.2) is 58.2 Å². The summed E-state index contributed by atoms with van der Waals surface area (Å²) < 4.78 is 11.2. The number of para-hydroxylation sites is 3. The molecule has 0 radical (unpaired) electrons. The van der Waals surface area contributed by atoms with E-state index >= 15 is 0 Å². The Hall–Kier alpha value is -2.47. The van der Waals surface area contributed by atoms with Gasteiger partial charge in [-0.25, -0.2) is 4.98 Å². The molecule has 0 bridgehead atoms. The van der Waals surface area contributed by atoms with Crippen LogP contribution in [0.5, 0.6) is 5.75 Å². The summed E-state index contributed by atoms with van der Waals surface area (Å²) >= 11 is 1.28. The molecule has 1 N–H and O–H groups in total. The highest BCUT2D eigenvalue weighted by Crippen LogP contribution is 2.22. The molecule has 3 aromatic rings. The van der Waals surface area contributed by atoms with E-state index in [2.05, 4.69) is 10.3 Å². The summed E-state index contributed by atoms with van der Waals surface area (Å²) in [5.74, 6) is 1.03. The lowest BCUT2D eigenvalue weighted by atomic mass is 10.2. The fourth-order valence-electron chi connectivity index (χ4n) is 2.16. The van der Waals surface area contributed by atoms with Crippen LogP contribution >= 0.6 is 11.8 Å². The Morgan fingerprint density at radius 1 is 1.21 bits per heavy atom. The lowest BCUT2D eigenvalue weighted by molar-refractivity contribution is -0.118. The minimum atomic E-state index is -0.0735. The molecule has 0 saturated heterocycles. The van der Waals surface area contributed by atoms with Gasteiger partial charge in [0.2, 0.25) is 5.91 Å². The number of oxazole rings is 1. The smallest absolute Gasteiger partial charge is 0.257 e. The topological polar surface area (TPSA) is 64.4 Å². The number of aromatic nitrogens is 1. The van der Waals surface area contributed by atoms with Gasteiger partial charge in [0.05, 0.1) is 12.3 Å². The normalized spacial score (nSPS) is 10.7. The largest absolute Gasteiger partial charge is 0.491 e. The number of nitrogens with zero attached hydrogens (tertiary/aromatic N) is 1. The molecule has 3 rings (SSSR count). The summed E-state index contributed by atoms with van der Waals surface area (Å²) in [6, 6.07) is 15.3. The van der Waals surface area contributed by atoms with Crippen molar-refractivity contribution in [3.05, 3.63) is 54.1 Å². The second-order valence-corrected chi connectivity index (χ2v) is 6.13. The maximum atomic E-state index is 11.9. The SMILES string of the molecule is Cc1ccccc1OCCNC(=O)CSc1nc2ccccc2o1. The van der Waals surface area contributed by atoms with Gasteiger partial charge >= 0.3 is 0 Å². The number of carbonyl (C=O) groups excluding carboxylic acids is 1. The quantitative estimate of drug-likeness (QED) is 0.526. The van der Waals surface area contributed by atoms with E-state index in [1.807, 2.05) is 55.5 Å². The molecule has 5 nitrogen and oxygen atoms in total. The number of ether oxygens (including phenoxy) is 1. The summed E-state index contributed by atoms with van der Waals surface area (Å²) in [7, 11) is 0. The predicted molar refractivity (Wildman–Crippen MR) is 94.4 cm³/mol. The maximum Gasteiger partial charge on any atom is 0.257 e. The van der Waals surface area contributed by atoms with E-state index in [0.717, 1.165) is 22.4 Å². The molecule has 0 atom stereocenters. The van der Waals surface area contributed by atoms with E-state index in [0.29, 0.717) is 18.4 Å². The maximum absolute atomic E-state index is 11.9. The molecule has 0 spiro atoms. The first-order valence-corrected chi connectivity index (χ1v) is 8.64. The van der Waals surface area contributed by atoms with Gasteiger partial charge in [0, 0.05) is 0 Å². The molecule has 0 aliphatic heterocycles. The molecule has 0 unspecified atom stereocenters. The Labute approximate surface area is 144 Å². The first kappa shape index (κ1) is 16.4. The molecule has 6 heteroatoms. The number of fused-ring (bicyclic) bond motifs is 1. The monoisotopic (exact) mass is 342 g/mol. The summed E-state index contributed by atoms with van der Waals surface area (Å²) in [5, 5.41) is 3.32. The molecule has 0 aliphatic rings. The lowest BCUT2D eigenvalue weighted by Gasteiger charge is -2.09. The van der Waals surface area contributed by atoms with Crippen LogP contribution in [0, 0.1) is 6.92 Å². The van der Waals surface area contributed by atoms with E-state index in [1.165, 1.54) is 11.8 Å². The van der Waals surface area contributed by atoms with Crippen molar-refractivity contribution >= 4 is 28.8 Å². The van der Waals surface area contributed by atoms with Gasteiger partial charge in [-0.05, 0) is 30.7 Å². The molecule has 1 heterocycles. The molecule has 1 amide bonds. The molecule has 124 valence electrons. The zero-order chi connectivity index (χ0) is 16.8. The van der Waals surface area contributed by atoms with E-state index in [4.69, 9.17) is 9.15 Å². The number of benzene rings is 2. The van der Waals surface area contributed by atoms with E-state index in [1.54, 1.807) is 0 Å². The van der Waals surface area contributed by atoms with Crippen LogP contribution < -0.4 is 10.1 Å². The second-order valence-electron chi connectivity index (χ2n) is 5.20. The van der Waals surface area contributed by atoms with Crippen LogP contribution in [0.3, 0.4) is 0 Å². The van der Waals surface area contributed by atoms with Crippen LogP contribution in [0.25, 0.3) is 11.1 Å². The van der Waals surface area contributed by atoms with Crippen LogP contribution in [-0.4, -0.2) is 29.8 Å². The van der Waals surface area contributed by atoms with E-state index < -0.39 is 0 Å². The fraction of sp³-hybridized carbons (Fsp3) is 0.222. The van der Waals surface area contributed by atoms with Gasteiger partial charge < -0.3 is 14.5 Å². The summed E-state index contributed by atoms with van der Waals surface area (Å²) in [5.41, 5.74) is 2.61. The van der Waals surface area contributed by atoms with Crippen LogP contribution in [0.2, 0.25) is 0 Å². The molecular formula is C18H18N2O3S. The molecule has 2 aromatic carbocycles. The molecule has 0 fully saturated rings. The average molecular weight is 342 g/mol. The third kappa shape index (κ3) is 4.29. The van der Waals surface area contributed by atoms with Crippen molar-refractivity contribution < 1.29 is 13.9 Å². The van der Waals surface area contributed by atoms with Gasteiger partial charge in [0.25, 0.3) is 5.22 Å². The van der Waals surface area contributed by atoms with Gasteiger partial charge in [-0.15, -0.1) is 0 Å². The molecule has 24 heavy (non-hydrogen) atoms. The summed E-state index contributed by atoms with van der Waals surface area (Å²) in [6.45, 7) is 2.89. The highest BCUT2D eigenvalue weighted by Gasteiger charge is 2.08. The van der Waals surface area contributed by atoms with Gasteiger partial charge in [-0.1, -0.05) is 42.1 Å². The number of carbonyl (C=O) groups is 1. The van der Waals surface area contributed by atoms with Crippen LogP contribution in [0.1, 0.15) is 5.56 Å². The van der Waals surface area contributed by atoms with E-state index in [9.17, 15) is 4.79 Å². The summed E-state index contributed by atoms with van der Waals surface area (Å²) in [6.07, 6.45) is 0. The van der Waals surface area contributed by atoms with Crippen molar-refractivity contribution in [2.24, 2.45) is 0 Å². The van der Waals surface area contributed by atoms with Crippen molar-refractivity contribution in [2.75, 3.05) is 18.9 Å². The predicted octanol–water partition coefficient (Wildman–Crippen LogP) is 3.42. The number of nitrogens with one attached hydrogen (secondary N) is 1. The van der Waals surface area contributed by atoms with E-state index in [-0.39, 0.29) is 11.7 Å². The Morgan fingerprint density at radius 3 is 2.83 bits per heavy atom. The van der Waals surface area contributed by atoms with Crippen molar-refractivity contribution in [3.63, 3.8) is 0 Å². The third-order valence-electron chi connectivity index (χ3n) is 3.38. The second kappa shape index (κ2) is 7.88. The molecule has 0 saturated carbocycles. The fourth-order valence-corrected chi connectivity index (χ4v) is 2.83. The van der Waals surface area contributed by atoms with Crippen molar-refractivity contribution in [2.45, 2.75) is 12.1 Å². The Bertz CT molecular complexity index is 799. The van der Waals surface area contributed by atoms with Crippen LogP contribution in [-0.2, 0) is 4.79 Å². The average Bonchev–Trinajstić information content (AvgIpc) is 3.01. The van der Waals surface area contributed by atoms with Gasteiger partial charge in [0.15, 0.2) is 5.58 Å². The number of amides is 1. The standard InChI is InChI=1S/C18H18N2O3S/c1-13-6-2-4-8-15(13)22-11-10-19-17(21)12-24-18-20-14-7-3-5-9-16(14)23-18/h2-9H,10-12H2,1H3,(H,19,21). The lowest BCUT2D eigenvalue weighted by Crippen LogP contribution is -2.29. The van der Waals surface area contributed by atoms with Crippen molar-refractivity contribution in [1.82, 2.24) is 10.3 Å². The van der Waals surface area contributed by atoms with Gasteiger partial charge in [-0.2, -0.15) is 0 Å². The Balaban J connectivity index is 1.39. The highest BCUT2D eigenvalue weighted by molar-refractivity contribution is 7.99. The first-order chi connectivity index (χ1) is 11.7. The van der Waals surface area contributed by atoms with Gasteiger partial charge in [0.1, 0.15) is 17.9 Å². The first-order valence-electron chi connectivity index (χ1n) is 7.66.